The van der Waals surface area contributed by atoms with Crippen molar-refractivity contribution in [2.75, 3.05) is 20.3 Å². The van der Waals surface area contributed by atoms with Crippen LogP contribution in [0.25, 0.3) is 6.08 Å². The smallest absolute Gasteiger partial charge is 0.335 e. The number of aliphatic imine (C=N–C) groups is 1. The highest BCUT2D eigenvalue weighted by molar-refractivity contribution is 8.18. The summed E-state index contributed by atoms with van der Waals surface area (Å²) in [7, 11) is 1.60. The van der Waals surface area contributed by atoms with Crippen LogP contribution < -0.4 is 4.74 Å². The molecule has 0 bridgehead atoms. The Morgan fingerprint density at radius 3 is 2.60 bits per heavy atom. The van der Waals surface area contributed by atoms with E-state index in [1.807, 2.05) is 60.7 Å². The summed E-state index contributed by atoms with van der Waals surface area (Å²) in [6.45, 7) is 0.981. The molecule has 0 aromatic heterocycles. The largest absolute Gasteiger partial charge is 0.488 e. The number of carbonyl (C=O) groups is 2. The number of benzene rings is 3. The highest BCUT2D eigenvalue weighted by Gasteiger charge is 2.33. The number of thioether (sulfide) groups is 1. The normalized spacial score (nSPS) is 15.7. The van der Waals surface area contributed by atoms with Crippen LogP contribution in [-0.2, 0) is 16.1 Å². The van der Waals surface area contributed by atoms with E-state index in [2.05, 4.69) is 4.99 Å². The number of rotatable bonds is 9. The van der Waals surface area contributed by atoms with Crippen molar-refractivity contribution in [3.63, 3.8) is 0 Å². The zero-order chi connectivity index (χ0) is 24.6. The van der Waals surface area contributed by atoms with Crippen molar-refractivity contribution in [1.29, 1.82) is 0 Å². The number of carboxylic acid groups (broad SMARTS) is 1. The fourth-order valence-corrected chi connectivity index (χ4v) is 4.43. The Bertz CT molecular complexity index is 1270. The minimum absolute atomic E-state index is 0.148. The quantitative estimate of drug-likeness (QED) is 0.416. The summed E-state index contributed by atoms with van der Waals surface area (Å²) in [5.41, 5.74) is 2.45. The zero-order valence-corrected chi connectivity index (χ0v) is 19.9. The number of carboxylic acids is 1. The molecule has 0 atom stereocenters. The third-order valence-corrected chi connectivity index (χ3v) is 6.17. The standard InChI is InChI=1S/C27H24N2O5S/c1-33-15-14-29-25(30)24(35-27(29)28-22-11-3-2-4-12-22)17-20-9-5-6-13-23(20)34-18-19-8-7-10-21(16-19)26(31)32/h2-13,16-17H,14-15,18H2,1H3,(H,31,32)/b24-17-,28-27?. The summed E-state index contributed by atoms with van der Waals surface area (Å²) in [5, 5.41) is 9.80. The first-order valence-electron chi connectivity index (χ1n) is 10.9. The van der Waals surface area contributed by atoms with Crippen LogP contribution >= 0.6 is 11.8 Å². The molecule has 0 saturated carbocycles. The minimum Gasteiger partial charge on any atom is -0.488 e. The molecule has 1 amide bonds. The molecule has 4 rings (SSSR count). The number of ether oxygens (including phenoxy) is 2. The topological polar surface area (TPSA) is 88.4 Å². The lowest BCUT2D eigenvalue weighted by Crippen LogP contribution is -2.32. The molecule has 8 heteroatoms. The van der Waals surface area contributed by atoms with Crippen molar-refractivity contribution in [1.82, 2.24) is 4.90 Å². The number of hydrogen-bond donors (Lipinski definition) is 1. The summed E-state index contributed by atoms with van der Waals surface area (Å²) in [6, 6.07) is 23.5. The lowest BCUT2D eigenvalue weighted by Gasteiger charge is -2.14. The van der Waals surface area contributed by atoms with Gasteiger partial charge in [0, 0.05) is 12.7 Å². The van der Waals surface area contributed by atoms with Gasteiger partial charge < -0.3 is 14.6 Å². The van der Waals surface area contributed by atoms with Gasteiger partial charge in [-0.15, -0.1) is 0 Å². The SMILES string of the molecule is COCCN1C(=O)/C(=C/c2ccccc2OCc2cccc(C(=O)O)c2)SC1=Nc1ccccc1. The monoisotopic (exact) mass is 488 g/mol. The Morgan fingerprint density at radius 1 is 1.06 bits per heavy atom. The number of amides is 1. The van der Waals surface area contributed by atoms with Crippen LogP contribution in [0, 0.1) is 0 Å². The van der Waals surface area contributed by atoms with Gasteiger partial charge >= 0.3 is 5.97 Å². The number of nitrogens with zero attached hydrogens (tertiary/aromatic N) is 2. The molecule has 1 aliphatic rings. The van der Waals surface area contributed by atoms with Crippen molar-refractivity contribution < 1.29 is 24.2 Å². The van der Waals surface area contributed by atoms with Crippen molar-refractivity contribution in [2.45, 2.75) is 6.61 Å². The predicted molar refractivity (Wildman–Crippen MR) is 137 cm³/mol. The van der Waals surface area contributed by atoms with E-state index in [1.54, 1.807) is 30.2 Å². The van der Waals surface area contributed by atoms with Crippen molar-refractivity contribution >= 4 is 40.6 Å². The third-order valence-electron chi connectivity index (χ3n) is 5.16. The summed E-state index contributed by atoms with van der Waals surface area (Å²) in [6.07, 6.45) is 1.79. The number of para-hydroxylation sites is 2. The van der Waals surface area contributed by atoms with Crippen LogP contribution in [0.15, 0.2) is 88.8 Å². The van der Waals surface area contributed by atoms with Crippen LogP contribution in [-0.4, -0.2) is 47.3 Å². The van der Waals surface area contributed by atoms with Gasteiger partial charge in [-0.1, -0.05) is 48.5 Å². The van der Waals surface area contributed by atoms with E-state index >= 15 is 0 Å². The lowest BCUT2D eigenvalue weighted by atomic mass is 10.1. The van der Waals surface area contributed by atoms with Gasteiger partial charge in [-0.05, 0) is 53.7 Å². The number of methoxy groups -OCH3 is 1. The number of carbonyl (C=O) groups excluding carboxylic acids is 1. The van der Waals surface area contributed by atoms with Crippen LogP contribution in [0.2, 0.25) is 0 Å². The van der Waals surface area contributed by atoms with E-state index in [-0.39, 0.29) is 18.1 Å². The van der Waals surface area contributed by atoms with Crippen molar-refractivity contribution in [3.8, 4) is 5.75 Å². The summed E-state index contributed by atoms with van der Waals surface area (Å²) in [4.78, 5) is 31.3. The van der Waals surface area contributed by atoms with Gasteiger partial charge in [-0.3, -0.25) is 9.69 Å². The van der Waals surface area contributed by atoms with E-state index in [0.717, 1.165) is 16.8 Å². The Labute approximate surface area is 207 Å². The molecule has 1 aliphatic heterocycles. The Kier molecular flexibility index (Phi) is 7.97. The summed E-state index contributed by atoms with van der Waals surface area (Å²) < 4.78 is 11.2. The molecular weight excluding hydrogens is 464 g/mol. The molecule has 1 fully saturated rings. The highest BCUT2D eigenvalue weighted by Crippen LogP contribution is 2.35. The van der Waals surface area contributed by atoms with Crippen LogP contribution in [0.1, 0.15) is 21.5 Å². The van der Waals surface area contributed by atoms with E-state index in [1.165, 1.54) is 17.8 Å². The van der Waals surface area contributed by atoms with Crippen LogP contribution in [0.3, 0.4) is 0 Å². The molecule has 0 radical (unpaired) electrons. The Morgan fingerprint density at radius 2 is 1.83 bits per heavy atom. The fraction of sp³-hybridized carbons (Fsp3) is 0.148. The average Bonchev–Trinajstić information content (AvgIpc) is 3.16. The molecule has 0 spiro atoms. The molecule has 1 heterocycles. The molecule has 35 heavy (non-hydrogen) atoms. The highest BCUT2D eigenvalue weighted by atomic mass is 32.2. The number of amidine groups is 1. The van der Waals surface area contributed by atoms with E-state index < -0.39 is 5.97 Å². The molecule has 0 unspecified atom stereocenters. The van der Waals surface area contributed by atoms with E-state index in [0.29, 0.717) is 29.0 Å². The van der Waals surface area contributed by atoms with Crippen molar-refractivity contribution in [3.05, 3.63) is 100 Å². The maximum absolute atomic E-state index is 13.2. The van der Waals surface area contributed by atoms with Gasteiger partial charge in [-0.2, -0.15) is 0 Å². The fourth-order valence-electron chi connectivity index (χ4n) is 3.41. The Hall–Kier alpha value is -3.88. The minimum atomic E-state index is -0.986. The molecule has 178 valence electrons. The second-order valence-electron chi connectivity index (χ2n) is 7.62. The van der Waals surface area contributed by atoms with Gasteiger partial charge in [0.15, 0.2) is 5.17 Å². The molecule has 1 N–H and O–H groups in total. The maximum atomic E-state index is 13.2. The van der Waals surface area contributed by atoms with Gasteiger partial charge in [0.1, 0.15) is 12.4 Å². The van der Waals surface area contributed by atoms with Gasteiger partial charge in [0.05, 0.1) is 29.3 Å². The number of aromatic carboxylic acids is 1. The Balaban J connectivity index is 1.58. The molecule has 3 aromatic carbocycles. The van der Waals surface area contributed by atoms with E-state index in [9.17, 15) is 14.7 Å². The lowest BCUT2D eigenvalue weighted by molar-refractivity contribution is -0.122. The molecule has 3 aromatic rings. The second kappa shape index (κ2) is 11.5. The van der Waals surface area contributed by atoms with Crippen LogP contribution in [0.4, 0.5) is 5.69 Å². The van der Waals surface area contributed by atoms with E-state index in [4.69, 9.17) is 9.47 Å². The van der Waals surface area contributed by atoms with Gasteiger partial charge in [0.25, 0.3) is 5.91 Å². The molecule has 7 nitrogen and oxygen atoms in total. The molecule has 1 saturated heterocycles. The predicted octanol–water partition coefficient (Wildman–Crippen LogP) is 5.21. The molecular formula is C27H24N2O5S. The zero-order valence-electron chi connectivity index (χ0n) is 19.1. The number of hydrogen-bond acceptors (Lipinski definition) is 6. The molecule has 0 aliphatic carbocycles. The van der Waals surface area contributed by atoms with Crippen molar-refractivity contribution in [2.24, 2.45) is 4.99 Å². The summed E-state index contributed by atoms with van der Waals surface area (Å²) >= 11 is 1.31. The maximum Gasteiger partial charge on any atom is 0.335 e. The van der Waals surface area contributed by atoms with Gasteiger partial charge in [-0.25, -0.2) is 9.79 Å². The third kappa shape index (κ3) is 6.17. The van der Waals surface area contributed by atoms with Gasteiger partial charge in [0.2, 0.25) is 0 Å². The van der Waals surface area contributed by atoms with Crippen LogP contribution in [0.5, 0.6) is 5.75 Å². The summed E-state index contributed by atoms with van der Waals surface area (Å²) in [5.74, 6) is -0.545. The first-order chi connectivity index (χ1) is 17.0. The average molecular weight is 489 g/mol. The first-order valence-corrected chi connectivity index (χ1v) is 11.7. The second-order valence-corrected chi connectivity index (χ2v) is 8.63. The first kappa shape index (κ1) is 24.3.